The zero-order chi connectivity index (χ0) is 12.4. The molecular formula is C13H22ClNO. The fraction of sp³-hybridized carbons (Fsp3) is 0.538. The molecule has 0 amide bonds. The molecule has 16 heavy (non-hydrogen) atoms. The summed E-state index contributed by atoms with van der Waals surface area (Å²) in [5, 5.41) is 0. The van der Waals surface area contributed by atoms with Gasteiger partial charge in [0, 0.05) is 12.4 Å². The molecule has 0 bridgehead atoms. The lowest BCUT2D eigenvalue weighted by Gasteiger charge is -2.10. The monoisotopic (exact) mass is 243 g/mol. The lowest BCUT2D eigenvalue weighted by Crippen LogP contribution is -2.19. The molecule has 3 heteroatoms. The summed E-state index contributed by atoms with van der Waals surface area (Å²) in [4.78, 5) is 2.09. The van der Waals surface area contributed by atoms with Crippen LogP contribution in [-0.4, -0.2) is 32.1 Å². The minimum absolute atomic E-state index is 0.554. The number of nitrogens with zero attached hydrogens (tertiary/aromatic N) is 1. The van der Waals surface area contributed by atoms with Crippen molar-refractivity contribution in [3.63, 3.8) is 0 Å². The second-order valence-electron chi connectivity index (χ2n) is 3.43. The summed E-state index contributed by atoms with van der Waals surface area (Å²) >= 11 is 5.68. The summed E-state index contributed by atoms with van der Waals surface area (Å²) in [6.07, 6.45) is 0. The Balaban J connectivity index is 0.00000106. The number of ether oxygens (including phenoxy) is 1. The summed E-state index contributed by atoms with van der Waals surface area (Å²) in [6.45, 7) is 5.64. The van der Waals surface area contributed by atoms with Crippen LogP contribution in [0.3, 0.4) is 0 Å². The standard InChI is InChI=1S/C11H16ClNO.C2H6/c1-13(2)7-8-14-11-5-3-10(9-12)4-6-11;1-2/h3-6H,7-9H2,1-2H3;1-2H3. The normalized spacial score (nSPS) is 9.62. The Kier molecular flexibility index (Phi) is 9.06. The van der Waals surface area contributed by atoms with Crippen LogP contribution in [0.15, 0.2) is 24.3 Å². The van der Waals surface area contributed by atoms with Gasteiger partial charge in [0.2, 0.25) is 0 Å². The molecule has 0 saturated carbocycles. The van der Waals surface area contributed by atoms with Crippen molar-refractivity contribution in [3.8, 4) is 5.75 Å². The average Bonchev–Trinajstić information content (AvgIpc) is 2.32. The van der Waals surface area contributed by atoms with Crippen LogP contribution >= 0.6 is 11.6 Å². The second-order valence-corrected chi connectivity index (χ2v) is 3.70. The van der Waals surface area contributed by atoms with Crippen molar-refractivity contribution in [1.82, 2.24) is 4.90 Å². The molecule has 0 saturated heterocycles. The van der Waals surface area contributed by atoms with E-state index in [9.17, 15) is 0 Å². The van der Waals surface area contributed by atoms with E-state index in [-0.39, 0.29) is 0 Å². The first kappa shape index (κ1) is 15.3. The van der Waals surface area contributed by atoms with Crippen molar-refractivity contribution >= 4 is 11.6 Å². The predicted molar refractivity (Wildman–Crippen MR) is 71.4 cm³/mol. The van der Waals surface area contributed by atoms with Gasteiger partial charge < -0.3 is 9.64 Å². The van der Waals surface area contributed by atoms with E-state index >= 15 is 0 Å². The van der Waals surface area contributed by atoms with Gasteiger partial charge in [-0.3, -0.25) is 0 Å². The van der Waals surface area contributed by atoms with Crippen LogP contribution in [0.2, 0.25) is 0 Å². The third kappa shape index (κ3) is 6.70. The highest BCUT2D eigenvalue weighted by Crippen LogP contribution is 2.13. The topological polar surface area (TPSA) is 12.5 Å². The van der Waals surface area contributed by atoms with E-state index in [2.05, 4.69) is 4.90 Å². The molecule has 1 rings (SSSR count). The number of alkyl halides is 1. The van der Waals surface area contributed by atoms with Gasteiger partial charge >= 0.3 is 0 Å². The molecule has 0 spiro atoms. The molecule has 0 aromatic heterocycles. The molecular weight excluding hydrogens is 222 g/mol. The Morgan fingerprint density at radius 1 is 1.12 bits per heavy atom. The lowest BCUT2D eigenvalue weighted by atomic mass is 10.2. The molecule has 0 aliphatic rings. The van der Waals surface area contributed by atoms with Crippen LogP contribution in [0, 0.1) is 0 Å². The van der Waals surface area contributed by atoms with Crippen molar-refractivity contribution in [2.45, 2.75) is 19.7 Å². The molecule has 0 N–H and O–H groups in total. The Labute approximate surface area is 104 Å². The van der Waals surface area contributed by atoms with E-state index in [0.717, 1.165) is 17.9 Å². The first-order chi connectivity index (χ1) is 7.72. The molecule has 0 aliphatic carbocycles. The third-order valence-corrected chi connectivity index (χ3v) is 2.19. The molecule has 0 radical (unpaired) electrons. The van der Waals surface area contributed by atoms with Gasteiger partial charge in [0.05, 0.1) is 0 Å². The quantitative estimate of drug-likeness (QED) is 0.735. The number of hydrogen-bond donors (Lipinski definition) is 0. The van der Waals surface area contributed by atoms with Crippen molar-refractivity contribution in [2.24, 2.45) is 0 Å². The first-order valence-electron chi connectivity index (χ1n) is 5.65. The largest absolute Gasteiger partial charge is 0.492 e. The number of likely N-dealkylation sites (N-methyl/N-ethyl adjacent to an activating group) is 1. The van der Waals surface area contributed by atoms with Crippen molar-refractivity contribution in [1.29, 1.82) is 0 Å². The lowest BCUT2D eigenvalue weighted by molar-refractivity contribution is 0.261. The van der Waals surface area contributed by atoms with Crippen LogP contribution < -0.4 is 4.74 Å². The zero-order valence-electron chi connectivity index (χ0n) is 10.7. The molecule has 1 aromatic carbocycles. The van der Waals surface area contributed by atoms with Crippen LogP contribution in [-0.2, 0) is 5.88 Å². The highest BCUT2D eigenvalue weighted by Gasteiger charge is 1.95. The molecule has 1 aromatic rings. The summed E-state index contributed by atoms with van der Waals surface area (Å²) in [5.41, 5.74) is 1.12. The third-order valence-electron chi connectivity index (χ3n) is 1.88. The SMILES string of the molecule is CC.CN(C)CCOc1ccc(CCl)cc1. The highest BCUT2D eigenvalue weighted by molar-refractivity contribution is 6.17. The van der Waals surface area contributed by atoms with Crippen LogP contribution in [0.4, 0.5) is 0 Å². The molecule has 92 valence electrons. The van der Waals surface area contributed by atoms with Gasteiger partial charge in [-0.05, 0) is 31.8 Å². The van der Waals surface area contributed by atoms with E-state index in [1.807, 2.05) is 52.2 Å². The van der Waals surface area contributed by atoms with Gasteiger partial charge in [0.15, 0.2) is 0 Å². The van der Waals surface area contributed by atoms with Crippen molar-refractivity contribution in [2.75, 3.05) is 27.2 Å². The van der Waals surface area contributed by atoms with Crippen LogP contribution in [0.5, 0.6) is 5.75 Å². The molecule has 0 fully saturated rings. The summed E-state index contributed by atoms with van der Waals surface area (Å²) in [6, 6.07) is 7.87. The average molecular weight is 244 g/mol. The number of rotatable bonds is 5. The van der Waals surface area contributed by atoms with E-state index in [0.29, 0.717) is 12.5 Å². The van der Waals surface area contributed by atoms with Gasteiger partial charge in [-0.25, -0.2) is 0 Å². The van der Waals surface area contributed by atoms with Gasteiger partial charge in [-0.15, -0.1) is 11.6 Å². The summed E-state index contributed by atoms with van der Waals surface area (Å²) in [7, 11) is 4.06. The summed E-state index contributed by atoms with van der Waals surface area (Å²) < 4.78 is 5.53. The smallest absolute Gasteiger partial charge is 0.119 e. The van der Waals surface area contributed by atoms with Crippen molar-refractivity contribution < 1.29 is 4.74 Å². The van der Waals surface area contributed by atoms with Gasteiger partial charge in [-0.1, -0.05) is 26.0 Å². The molecule has 0 heterocycles. The molecule has 0 unspecified atom stereocenters. The predicted octanol–water partition coefficient (Wildman–Crippen LogP) is 3.39. The van der Waals surface area contributed by atoms with Gasteiger partial charge in [0.25, 0.3) is 0 Å². The minimum atomic E-state index is 0.554. The maximum absolute atomic E-state index is 5.68. The zero-order valence-corrected chi connectivity index (χ0v) is 11.4. The maximum atomic E-state index is 5.68. The Hall–Kier alpha value is -0.730. The Bertz CT molecular complexity index is 259. The van der Waals surface area contributed by atoms with Gasteiger partial charge in [-0.2, -0.15) is 0 Å². The maximum Gasteiger partial charge on any atom is 0.119 e. The molecule has 2 nitrogen and oxygen atoms in total. The second kappa shape index (κ2) is 9.49. The highest BCUT2D eigenvalue weighted by atomic mass is 35.5. The summed E-state index contributed by atoms with van der Waals surface area (Å²) in [5.74, 6) is 1.46. The van der Waals surface area contributed by atoms with Gasteiger partial charge in [0.1, 0.15) is 12.4 Å². The first-order valence-corrected chi connectivity index (χ1v) is 6.18. The van der Waals surface area contributed by atoms with Crippen LogP contribution in [0.1, 0.15) is 19.4 Å². The number of benzene rings is 1. The number of halogens is 1. The molecule has 0 aliphatic heterocycles. The number of hydrogen-bond acceptors (Lipinski definition) is 2. The fourth-order valence-corrected chi connectivity index (χ4v) is 1.20. The minimum Gasteiger partial charge on any atom is -0.492 e. The van der Waals surface area contributed by atoms with Crippen LogP contribution in [0.25, 0.3) is 0 Å². The van der Waals surface area contributed by atoms with E-state index < -0.39 is 0 Å². The van der Waals surface area contributed by atoms with E-state index in [4.69, 9.17) is 16.3 Å². The fourth-order valence-electron chi connectivity index (χ4n) is 1.02. The van der Waals surface area contributed by atoms with Crippen molar-refractivity contribution in [3.05, 3.63) is 29.8 Å². The Morgan fingerprint density at radius 2 is 1.69 bits per heavy atom. The molecule has 0 atom stereocenters. The van der Waals surface area contributed by atoms with E-state index in [1.54, 1.807) is 0 Å². The van der Waals surface area contributed by atoms with E-state index in [1.165, 1.54) is 0 Å². The Morgan fingerprint density at radius 3 is 2.12 bits per heavy atom.